The van der Waals surface area contributed by atoms with Crippen LogP contribution in [-0.4, -0.2) is 30.7 Å². The highest BCUT2D eigenvalue weighted by molar-refractivity contribution is 7.89. The van der Waals surface area contributed by atoms with Crippen LogP contribution >= 0.6 is 0 Å². The largest absolute Gasteiger partial charge is 0.352 e. The Bertz CT molecular complexity index is 1250. The molecule has 0 saturated heterocycles. The van der Waals surface area contributed by atoms with Crippen LogP contribution in [0.15, 0.2) is 71.6 Å². The molecule has 0 spiro atoms. The minimum Gasteiger partial charge on any atom is -0.352 e. The molecule has 0 bridgehead atoms. The molecule has 1 saturated carbocycles. The third-order valence-corrected chi connectivity index (χ3v) is 8.64. The Balaban J connectivity index is 1.50. The highest BCUT2D eigenvalue weighted by atomic mass is 32.2. The lowest BCUT2D eigenvalue weighted by molar-refractivity contribution is -0.126. The van der Waals surface area contributed by atoms with Gasteiger partial charge < -0.3 is 5.32 Å². The summed E-state index contributed by atoms with van der Waals surface area (Å²) in [5.41, 5.74) is 2.00. The minimum atomic E-state index is -3.86. The molecule has 3 aromatic rings. The lowest BCUT2D eigenvalue weighted by Gasteiger charge is -2.36. The SMILES string of the molecule is O=C(NC1CCCCC1)C1Cc2ccccc2CN1S(=O)(=O)c1ccc2ccccc2c1. The Hall–Kier alpha value is -2.70. The Morgan fingerprint density at radius 3 is 2.31 bits per heavy atom. The number of amides is 1. The second-order valence-corrected chi connectivity index (χ2v) is 10.8. The van der Waals surface area contributed by atoms with Crippen molar-refractivity contribution in [2.75, 3.05) is 0 Å². The van der Waals surface area contributed by atoms with Gasteiger partial charge in [-0.05, 0) is 53.3 Å². The van der Waals surface area contributed by atoms with Crippen molar-refractivity contribution >= 4 is 26.7 Å². The third kappa shape index (κ3) is 4.05. The van der Waals surface area contributed by atoms with Crippen LogP contribution in [-0.2, 0) is 27.8 Å². The van der Waals surface area contributed by atoms with Crippen LogP contribution < -0.4 is 5.32 Å². The third-order valence-electron chi connectivity index (χ3n) is 6.79. The number of benzene rings is 3. The van der Waals surface area contributed by atoms with E-state index in [1.165, 1.54) is 10.7 Å². The van der Waals surface area contributed by atoms with Gasteiger partial charge in [0.2, 0.25) is 15.9 Å². The number of hydrogen-bond donors (Lipinski definition) is 1. The maximum atomic E-state index is 13.8. The monoisotopic (exact) mass is 448 g/mol. The van der Waals surface area contributed by atoms with Gasteiger partial charge in [-0.15, -0.1) is 0 Å². The summed E-state index contributed by atoms with van der Waals surface area (Å²) >= 11 is 0. The van der Waals surface area contributed by atoms with Crippen molar-refractivity contribution in [1.82, 2.24) is 9.62 Å². The maximum Gasteiger partial charge on any atom is 0.244 e. The summed E-state index contributed by atoms with van der Waals surface area (Å²) in [5.74, 6) is -0.184. The number of nitrogens with one attached hydrogen (secondary N) is 1. The molecular weight excluding hydrogens is 420 g/mol. The summed E-state index contributed by atoms with van der Waals surface area (Å²) in [4.78, 5) is 13.6. The van der Waals surface area contributed by atoms with E-state index in [1.54, 1.807) is 12.1 Å². The van der Waals surface area contributed by atoms with Crippen LogP contribution in [0.4, 0.5) is 0 Å². The van der Waals surface area contributed by atoms with E-state index in [-0.39, 0.29) is 23.4 Å². The average Bonchev–Trinajstić information content (AvgIpc) is 2.83. The predicted molar refractivity (Wildman–Crippen MR) is 126 cm³/mol. The molecular formula is C26H28N2O3S. The molecule has 5 rings (SSSR count). The van der Waals surface area contributed by atoms with Gasteiger partial charge in [0, 0.05) is 12.6 Å². The van der Waals surface area contributed by atoms with Gasteiger partial charge in [-0.2, -0.15) is 4.31 Å². The quantitative estimate of drug-likeness (QED) is 0.643. The van der Waals surface area contributed by atoms with Gasteiger partial charge >= 0.3 is 0 Å². The first-order valence-corrected chi connectivity index (χ1v) is 12.8. The van der Waals surface area contributed by atoms with Gasteiger partial charge in [0.15, 0.2) is 0 Å². The standard InChI is InChI=1S/C26H28N2O3S/c29-26(27-23-12-2-1-3-13-23)25-17-21-10-6-7-11-22(21)18-28(25)32(30,31)24-15-14-19-8-4-5-9-20(19)16-24/h4-11,14-16,23,25H,1-3,12-13,17-18H2,(H,27,29). The second-order valence-electron chi connectivity index (χ2n) is 8.89. The maximum absolute atomic E-state index is 13.8. The Kier molecular flexibility index (Phi) is 5.74. The van der Waals surface area contributed by atoms with Crippen molar-refractivity contribution in [2.45, 2.75) is 62.0 Å². The van der Waals surface area contributed by atoms with Crippen LogP contribution in [0.2, 0.25) is 0 Å². The first-order chi connectivity index (χ1) is 15.5. The van der Waals surface area contributed by atoms with Gasteiger partial charge in [0.05, 0.1) is 4.90 Å². The van der Waals surface area contributed by atoms with E-state index in [1.807, 2.05) is 54.6 Å². The highest BCUT2D eigenvalue weighted by Crippen LogP contribution is 2.31. The predicted octanol–water partition coefficient (Wildman–Crippen LogP) is 4.40. The van der Waals surface area contributed by atoms with Crippen molar-refractivity contribution < 1.29 is 13.2 Å². The fraction of sp³-hybridized carbons (Fsp3) is 0.346. The van der Waals surface area contributed by atoms with Crippen LogP contribution in [0.5, 0.6) is 0 Å². The van der Waals surface area contributed by atoms with Crippen molar-refractivity contribution in [3.63, 3.8) is 0 Å². The fourth-order valence-corrected chi connectivity index (χ4v) is 6.58. The summed E-state index contributed by atoms with van der Waals surface area (Å²) < 4.78 is 29.0. The summed E-state index contributed by atoms with van der Waals surface area (Å²) in [7, 11) is -3.86. The zero-order valence-electron chi connectivity index (χ0n) is 18.0. The topological polar surface area (TPSA) is 66.5 Å². The molecule has 1 fully saturated rings. The number of carbonyl (C=O) groups excluding carboxylic acids is 1. The van der Waals surface area contributed by atoms with E-state index in [2.05, 4.69) is 5.32 Å². The van der Waals surface area contributed by atoms with Crippen molar-refractivity contribution in [2.24, 2.45) is 0 Å². The summed E-state index contributed by atoms with van der Waals surface area (Å²) in [6.07, 6.45) is 5.74. The van der Waals surface area contributed by atoms with Crippen LogP contribution in [0.3, 0.4) is 0 Å². The molecule has 1 unspecified atom stereocenters. The first kappa shape index (κ1) is 21.2. The molecule has 1 N–H and O–H groups in total. The molecule has 1 aliphatic heterocycles. The number of sulfonamides is 1. The minimum absolute atomic E-state index is 0.138. The number of fused-ring (bicyclic) bond motifs is 2. The molecule has 1 amide bonds. The summed E-state index contributed by atoms with van der Waals surface area (Å²) in [6, 6.07) is 20.1. The van der Waals surface area contributed by atoms with E-state index in [4.69, 9.17) is 0 Å². The summed E-state index contributed by atoms with van der Waals surface area (Å²) in [6.45, 7) is 0.202. The molecule has 0 aromatic heterocycles. The Morgan fingerprint density at radius 2 is 1.53 bits per heavy atom. The van der Waals surface area contributed by atoms with E-state index < -0.39 is 16.1 Å². The van der Waals surface area contributed by atoms with E-state index in [0.29, 0.717) is 6.42 Å². The van der Waals surface area contributed by atoms with Gasteiger partial charge in [-0.1, -0.05) is 73.9 Å². The molecule has 5 nitrogen and oxygen atoms in total. The van der Waals surface area contributed by atoms with Gasteiger partial charge in [-0.25, -0.2) is 8.42 Å². The van der Waals surface area contributed by atoms with Crippen molar-refractivity contribution in [3.05, 3.63) is 77.9 Å². The summed E-state index contributed by atoms with van der Waals surface area (Å²) in [5, 5.41) is 5.02. The number of rotatable bonds is 4. The van der Waals surface area contributed by atoms with E-state index in [0.717, 1.165) is 47.6 Å². The van der Waals surface area contributed by atoms with Gasteiger partial charge in [0.1, 0.15) is 6.04 Å². The molecule has 6 heteroatoms. The Morgan fingerprint density at radius 1 is 0.844 bits per heavy atom. The van der Waals surface area contributed by atoms with E-state index in [9.17, 15) is 13.2 Å². The van der Waals surface area contributed by atoms with Crippen molar-refractivity contribution in [3.8, 4) is 0 Å². The molecule has 1 heterocycles. The molecule has 1 atom stereocenters. The van der Waals surface area contributed by atoms with Gasteiger partial charge in [-0.3, -0.25) is 4.79 Å². The van der Waals surface area contributed by atoms with Gasteiger partial charge in [0.25, 0.3) is 0 Å². The number of carbonyl (C=O) groups is 1. The first-order valence-electron chi connectivity index (χ1n) is 11.4. The fourth-order valence-electron chi connectivity index (χ4n) is 4.98. The zero-order valence-corrected chi connectivity index (χ0v) is 18.9. The smallest absolute Gasteiger partial charge is 0.244 e. The molecule has 3 aromatic carbocycles. The van der Waals surface area contributed by atoms with Crippen LogP contribution in [0, 0.1) is 0 Å². The van der Waals surface area contributed by atoms with E-state index >= 15 is 0 Å². The average molecular weight is 449 g/mol. The molecule has 0 radical (unpaired) electrons. The normalized spacial score (nSPS) is 20.1. The molecule has 32 heavy (non-hydrogen) atoms. The second kappa shape index (κ2) is 8.68. The zero-order chi connectivity index (χ0) is 22.1. The Labute approximate surface area is 189 Å². The van der Waals surface area contributed by atoms with Crippen LogP contribution in [0.1, 0.15) is 43.2 Å². The molecule has 166 valence electrons. The lowest BCUT2D eigenvalue weighted by Crippen LogP contribution is -2.54. The molecule has 2 aliphatic rings. The van der Waals surface area contributed by atoms with Crippen molar-refractivity contribution in [1.29, 1.82) is 0 Å². The number of hydrogen-bond acceptors (Lipinski definition) is 3. The number of nitrogens with zero attached hydrogens (tertiary/aromatic N) is 1. The lowest BCUT2D eigenvalue weighted by atomic mass is 9.93. The van der Waals surface area contributed by atoms with Crippen LogP contribution in [0.25, 0.3) is 10.8 Å². The molecule has 1 aliphatic carbocycles. The highest BCUT2D eigenvalue weighted by Gasteiger charge is 2.40.